The van der Waals surface area contributed by atoms with Crippen molar-refractivity contribution >= 4 is 23.2 Å². The highest BCUT2D eigenvalue weighted by molar-refractivity contribution is 6.03. The van der Waals surface area contributed by atoms with Gasteiger partial charge in [-0.2, -0.15) is 0 Å². The first-order chi connectivity index (χ1) is 13.6. The van der Waals surface area contributed by atoms with E-state index in [1.54, 1.807) is 53.6 Å². The average Bonchev–Trinajstić information content (AvgIpc) is 3.33. The van der Waals surface area contributed by atoms with E-state index in [9.17, 15) is 14.4 Å². The number of amides is 2. The van der Waals surface area contributed by atoms with Crippen molar-refractivity contribution in [2.75, 3.05) is 16.8 Å². The summed E-state index contributed by atoms with van der Waals surface area (Å²) in [7, 11) is 0. The van der Waals surface area contributed by atoms with Crippen LogP contribution >= 0.6 is 0 Å². The van der Waals surface area contributed by atoms with Crippen molar-refractivity contribution in [3.05, 3.63) is 82.7 Å². The zero-order valence-electron chi connectivity index (χ0n) is 15.1. The van der Waals surface area contributed by atoms with Crippen molar-refractivity contribution in [3.8, 4) is 0 Å². The number of aromatic nitrogens is 1. The molecule has 3 aromatic rings. The molecule has 0 bridgehead atoms. The number of nitrogens with one attached hydrogen (secondary N) is 1. The van der Waals surface area contributed by atoms with Crippen LogP contribution in [0, 0.1) is 0 Å². The van der Waals surface area contributed by atoms with Crippen LogP contribution < -0.4 is 15.8 Å². The van der Waals surface area contributed by atoms with Crippen LogP contribution in [0.5, 0.6) is 0 Å². The highest BCUT2D eigenvalue weighted by Crippen LogP contribution is 2.24. The van der Waals surface area contributed by atoms with Crippen molar-refractivity contribution in [3.63, 3.8) is 0 Å². The maximum atomic E-state index is 12.5. The first-order valence-corrected chi connectivity index (χ1v) is 9.06. The van der Waals surface area contributed by atoms with Crippen LogP contribution in [0.15, 0.2) is 70.0 Å². The number of hydrogen-bond donors (Lipinski definition) is 1. The van der Waals surface area contributed by atoms with Gasteiger partial charge in [-0.15, -0.1) is 0 Å². The molecule has 0 radical (unpaired) electrons. The van der Waals surface area contributed by atoms with E-state index in [1.165, 1.54) is 10.6 Å². The minimum atomic E-state index is -0.392. The molecule has 1 aliphatic rings. The Morgan fingerprint density at radius 3 is 2.75 bits per heavy atom. The first-order valence-electron chi connectivity index (χ1n) is 9.06. The summed E-state index contributed by atoms with van der Waals surface area (Å²) in [5.41, 5.74) is 1.21. The molecule has 1 fully saturated rings. The van der Waals surface area contributed by atoms with Crippen molar-refractivity contribution in [1.29, 1.82) is 0 Å². The monoisotopic (exact) mass is 377 g/mol. The van der Waals surface area contributed by atoms with Crippen LogP contribution in [0.3, 0.4) is 0 Å². The summed E-state index contributed by atoms with van der Waals surface area (Å²) in [6.45, 7) is 0.941. The Kier molecular flexibility index (Phi) is 4.80. The van der Waals surface area contributed by atoms with Gasteiger partial charge in [-0.05, 0) is 42.8 Å². The lowest BCUT2D eigenvalue weighted by atomic mass is 10.2. The first kappa shape index (κ1) is 17.8. The fraction of sp³-hybridized carbons (Fsp3) is 0.190. The Balaban J connectivity index is 1.46. The van der Waals surface area contributed by atoms with E-state index in [2.05, 4.69) is 5.32 Å². The summed E-state index contributed by atoms with van der Waals surface area (Å²) in [5, 5.41) is 2.79. The molecule has 0 atom stereocenters. The highest BCUT2D eigenvalue weighted by Gasteiger charge is 2.22. The molecule has 1 aromatic carbocycles. The van der Waals surface area contributed by atoms with Crippen molar-refractivity contribution < 1.29 is 14.0 Å². The lowest BCUT2D eigenvalue weighted by molar-refractivity contribution is -0.117. The van der Waals surface area contributed by atoms with Crippen molar-refractivity contribution in [2.24, 2.45) is 0 Å². The van der Waals surface area contributed by atoms with E-state index in [4.69, 9.17) is 4.42 Å². The van der Waals surface area contributed by atoms with Crippen molar-refractivity contribution in [1.82, 2.24) is 4.57 Å². The van der Waals surface area contributed by atoms with Gasteiger partial charge < -0.3 is 19.2 Å². The number of pyridine rings is 1. The largest absolute Gasteiger partial charge is 0.454 e. The second kappa shape index (κ2) is 7.56. The number of carbonyl (C=O) groups excluding carboxylic acids is 2. The Labute approximate surface area is 161 Å². The predicted octanol–water partition coefficient (Wildman–Crippen LogP) is 2.87. The smallest absolute Gasteiger partial charge is 0.291 e. The van der Waals surface area contributed by atoms with Crippen LogP contribution in [0.25, 0.3) is 0 Å². The van der Waals surface area contributed by atoms with Gasteiger partial charge in [-0.25, -0.2) is 0 Å². The molecule has 4 rings (SSSR count). The molecular formula is C21H19N3O4. The normalized spacial score (nSPS) is 13.7. The third-order valence-corrected chi connectivity index (χ3v) is 4.60. The molecule has 28 heavy (non-hydrogen) atoms. The van der Waals surface area contributed by atoms with Gasteiger partial charge in [0.2, 0.25) is 5.91 Å². The summed E-state index contributed by atoms with van der Waals surface area (Å²) in [6, 6.07) is 15.3. The maximum Gasteiger partial charge on any atom is 0.291 e. The van der Waals surface area contributed by atoms with Gasteiger partial charge in [-0.3, -0.25) is 14.4 Å². The fourth-order valence-electron chi connectivity index (χ4n) is 3.21. The Morgan fingerprint density at radius 1 is 1.07 bits per heavy atom. The fourth-order valence-corrected chi connectivity index (χ4v) is 3.21. The number of carbonyl (C=O) groups is 2. The highest BCUT2D eigenvalue weighted by atomic mass is 16.4. The molecule has 1 saturated heterocycles. The van der Waals surface area contributed by atoms with E-state index in [-0.39, 0.29) is 23.8 Å². The summed E-state index contributed by atoms with van der Waals surface area (Å²) in [4.78, 5) is 37.9. The van der Waals surface area contributed by atoms with E-state index in [0.717, 1.165) is 12.1 Å². The third-order valence-electron chi connectivity index (χ3n) is 4.60. The second-order valence-electron chi connectivity index (χ2n) is 6.59. The second-order valence-corrected chi connectivity index (χ2v) is 6.59. The van der Waals surface area contributed by atoms with Crippen LogP contribution in [0.4, 0.5) is 11.4 Å². The SMILES string of the molecule is O=C(Nc1cccc(N2CCCC2=O)c1)c1ccc(Cn2ccccc2=O)o1. The van der Waals surface area contributed by atoms with Gasteiger partial charge in [0.15, 0.2) is 5.76 Å². The van der Waals surface area contributed by atoms with E-state index >= 15 is 0 Å². The number of benzene rings is 1. The van der Waals surface area contributed by atoms with Gasteiger partial charge in [0, 0.05) is 36.6 Å². The van der Waals surface area contributed by atoms with Gasteiger partial charge in [0.05, 0.1) is 6.54 Å². The summed E-state index contributed by atoms with van der Waals surface area (Å²) < 4.78 is 7.08. The molecule has 1 aliphatic heterocycles. The van der Waals surface area contributed by atoms with Crippen LogP contribution in [0.2, 0.25) is 0 Å². The summed E-state index contributed by atoms with van der Waals surface area (Å²) in [6.07, 6.45) is 3.06. The number of furan rings is 1. The molecule has 0 unspecified atom stereocenters. The summed E-state index contributed by atoms with van der Waals surface area (Å²) >= 11 is 0. The minimum Gasteiger partial charge on any atom is -0.454 e. The predicted molar refractivity (Wildman–Crippen MR) is 104 cm³/mol. The van der Waals surface area contributed by atoms with Gasteiger partial charge in [0.25, 0.3) is 11.5 Å². The van der Waals surface area contributed by atoms with E-state index < -0.39 is 5.91 Å². The molecule has 7 nitrogen and oxygen atoms in total. The molecule has 2 aromatic heterocycles. The molecule has 2 amide bonds. The van der Waals surface area contributed by atoms with E-state index in [0.29, 0.717) is 24.4 Å². The zero-order chi connectivity index (χ0) is 19.5. The molecule has 0 spiro atoms. The molecule has 0 saturated carbocycles. The number of hydrogen-bond acceptors (Lipinski definition) is 4. The molecule has 1 N–H and O–H groups in total. The Morgan fingerprint density at radius 2 is 1.96 bits per heavy atom. The van der Waals surface area contributed by atoms with Crippen LogP contribution in [-0.4, -0.2) is 22.9 Å². The zero-order valence-corrected chi connectivity index (χ0v) is 15.1. The quantitative estimate of drug-likeness (QED) is 0.741. The standard InChI is InChI=1S/C21H19N3O4/c25-19-7-1-2-11-23(19)14-17-9-10-18(28-17)21(27)22-15-5-3-6-16(13-15)24-12-4-8-20(24)26/h1-3,5-7,9-11,13H,4,8,12,14H2,(H,22,27). The maximum absolute atomic E-state index is 12.5. The lowest BCUT2D eigenvalue weighted by Gasteiger charge is -2.16. The third kappa shape index (κ3) is 3.73. The van der Waals surface area contributed by atoms with Gasteiger partial charge in [-0.1, -0.05) is 12.1 Å². The molecule has 0 aliphatic carbocycles. The minimum absolute atomic E-state index is 0.0929. The molecular weight excluding hydrogens is 358 g/mol. The number of anilines is 2. The van der Waals surface area contributed by atoms with E-state index in [1.807, 2.05) is 6.07 Å². The molecule has 7 heteroatoms. The van der Waals surface area contributed by atoms with Gasteiger partial charge in [0.1, 0.15) is 5.76 Å². The lowest BCUT2D eigenvalue weighted by Crippen LogP contribution is -2.23. The summed E-state index contributed by atoms with van der Waals surface area (Å²) in [5.74, 6) is 0.364. The van der Waals surface area contributed by atoms with Crippen LogP contribution in [-0.2, 0) is 11.3 Å². The topological polar surface area (TPSA) is 84.5 Å². The molecule has 3 heterocycles. The Bertz CT molecular complexity index is 1080. The van der Waals surface area contributed by atoms with Crippen molar-refractivity contribution in [2.45, 2.75) is 19.4 Å². The number of nitrogens with zero attached hydrogens (tertiary/aromatic N) is 2. The molecule has 142 valence electrons. The van der Waals surface area contributed by atoms with Crippen LogP contribution in [0.1, 0.15) is 29.2 Å². The average molecular weight is 377 g/mol. The Hall–Kier alpha value is -3.61. The number of rotatable bonds is 5. The van der Waals surface area contributed by atoms with Gasteiger partial charge >= 0.3 is 0 Å².